The van der Waals surface area contributed by atoms with E-state index in [1.165, 1.54) is 25.0 Å². The monoisotopic (exact) mass is 256 g/mol. The van der Waals surface area contributed by atoms with Crippen molar-refractivity contribution in [2.75, 3.05) is 0 Å². The van der Waals surface area contributed by atoms with Gasteiger partial charge in [0.15, 0.2) is 5.78 Å². The molecule has 2 nitrogen and oxygen atoms in total. The molecule has 0 aliphatic heterocycles. The van der Waals surface area contributed by atoms with Gasteiger partial charge in [0.25, 0.3) is 0 Å². The SMILES string of the molecule is CCCC.O=C(c1ccccc1)c1ccc(O)cc1. The van der Waals surface area contributed by atoms with Crippen LogP contribution in [-0.4, -0.2) is 10.9 Å². The number of rotatable bonds is 3. The minimum Gasteiger partial charge on any atom is -0.508 e. The molecule has 0 spiro atoms. The van der Waals surface area contributed by atoms with E-state index in [9.17, 15) is 4.79 Å². The average Bonchev–Trinajstić information content (AvgIpc) is 2.48. The lowest BCUT2D eigenvalue weighted by atomic mass is 10.0. The third-order valence-corrected chi connectivity index (χ3v) is 2.67. The van der Waals surface area contributed by atoms with Crippen LogP contribution in [0, 0.1) is 0 Å². The molecule has 0 radical (unpaired) electrons. The standard InChI is InChI=1S/C13H10O2.C4H10/c14-12-8-6-11(7-9-12)13(15)10-4-2-1-3-5-10;1-3-4-2/h1-9,14H;3-4H2,1-2H3. The summed E-state index contributed by atoms with van der Waals surface area (Å²) in [6.45, 7) is 4.36. The second-order valence-electron chi connectivity index (χ2n) is 4.24. The fourth-order valence-electron chi connectivity index (χ4n) is 1.37. The van der Waals surface area contributed by atoms with Gasteiger partial charge in [-0.25, -0.2) is 0 Å². The Labute approximate surface area is 114 Å². The molecule has 0 saturated heterocycles. The number of phenolic OH excluding ortho intramolecular Hbond substituents is 1. The number of carbonyl (C=O) groups is 1. The maximum atomic E-state index is 11.9. The highest BCUT2D eigenvalue weighted by atomic mass is 16.3. The van der Waals surface area contributed by atoms with Crippen molar-refractivity contribution in [2.24, 2.45) is 0 Å². The summed E-state index contributed by atoms with van der Waals surface area (Å²) in [6.07, 6.45) is 2.64. The van der Waals surface area contributed by atoms with E-state index in [1.54, 1.807) is 24.3 Å². The first-order valence-corrected chi connectivity index (χ1v) is 6.57. The van der Waals surface area contributed by atoms with E-state index in [1.807, 2.05) is 18.2 Å². The third kappa shape index (κ3) is 4.96. The van der Waals surface area contributed by atoms with Crippen LogP contribution in [0.3, 0.4) is 0 Å². The molecule has 0 heterocycles. The summed E-state index contributed by atoms with van der Waals surface area (Å²) in [6, 6.07) is 15.3. The highest BCUT2D eigenvalue weighted by Crippen LogP contribution is 2.13. The van der Waals surface area contributed by atoms with E-state index in [4.69, 9.17) is 5.11 Å². The zero-order chi connectivity index (χ0) is 14.1. The molecule has 2 rings (SSSR count). The molecule has 0 bridgehead atoms. The van der Waals surface area contributed by atoms with Gasteiger partial charge in [-0.05, 0) is 24.3 Å². The summed E-state index contributed by atoms with van der Waals surface area (Å²) < 4.78 is 0. The van der Waals surface area contributed by atoms with E-state index in [2.05, 4.69) is 13.8 Å². The van der Waals surface area contributed by atoms with Crippen LogP contribution < -0.4 is 0 Å². The second kappa shape index (κ2) is 8.09. The lowest BCUT2D eigenvalue weighted by molar-refractivity contribution is 0.103. The molecule has 0 amide bonds. The van der Waals surface area contributed by atoms with Gasteiger partial charge in [-0.15, -0.1) is 0 Å². The van der Waals surface area contributed by atoms with E-state index >= 15 is 0 Å². The van der Waals surface area contributed by atoms with Crippen molar-refractivity contribution in [3.63, 3.8) is 0 Å². The quantitative estimate of drug-likeness (QED) is 0.825. The first-order chi connectivity index (χ1) is 9.19. The molecule has 100 valence electrons. The van der Waals surface area contributed by atoms with Gasteiger partial charge in [0.2, 0.25) is 0 Å². The summed E-state index contributed by atoms with van der Waals surface area (Å²) in [4.78, 5) is 11.9. The molecule has 0 aliphatic carbocycles. The molecular formula is C17H20O2. The van der Waals surface area contributed by atoms with Gasteiger partial charge in [0, 0.05) is 11.1 Å². The number of hydrogen-bond acceptors (Lipinski definition) is 2. The number of benzene rings is 2. The van der Waals surface area contributed by atoms with Gasteiger partial charge in [-0.1, -0.05) is 57.0 Å². The van der Waals surface area contributed by atoms with Crippen molar-refractivity contribution in [1.29, 1.82) is 0 Å². The molecule has 19 heavy (non-hydrogen) atoms. The van der Waals surface area contributed by atoms with Crippen molar-refractivity contribution in [2.45, 2.75) is 26.7 Å². The molecule has 0 unspecified atom stereocenters. The van der Waals surface area contributed by atoms with Crippen LogP contribution in [0.1, 0.15) is 42.6 Å². The highest BCUT2D eigenvalue weighted by Gasteiger charge is 2.07. The Morgan fingerprint density at radius 1 is 0.842 bits per heavy atom. The van der Waals surface area contributed by atoms with Crippen molar-refractivity contribution < 1.29 is 9.90 Å². The fraction of sp³-hybridized carbons (Fsp3) is 0.235. The summed E-state index contributed by atoms with van der Waals surface area (Å²) in [5, 5.41) is 9.10. The van der Waals surface area contributed by atoms with E-state index in [0.717, 1.165) is 0 Å². The Hall–Kier alpha value is -2.09. The molecule has 0 aromatic heterocycles. The maximum absolute atomic E-state index is 11.9. The topological polar surface area (TPSA) is 37.3 Å². The number of phenols is 1. The Kier molecular flexibility index (Phi) is 6.37. The lowest BCUT2D eigenvalue weighted by Gasteiger charge is -2.00. The maximum Gasteiger partial charge on any atom is 0.193 e. The number of hydrogen-bond donors (Lipinski definition) is 1. The van der Waals surface area contributed by atoms with Gasteiger partial charge < -0.3 is 5.11 Å². The molecule has 0 saturated carbocycles. The van der Waals surface area contributed by atoms with Crippen LogP contribution in [-0.2, 0) is 0 Å². The molecule has 0 atom stereocenters. The fourth-order valence-corrected chi connectivity index (χ4v) is 1.37. The minimum absolute atomic E-state index is 0.0319. The molecule has 0 aliphatic rings. The Bertz CT molecular complexity index is 484. The van der Waals surface area contributed by atoms with Gasteiger partial charge >= 0.3 is 0 Å². The highest BCUT2D eigenvalue weighted by molar-refractivity contribution is 6.08. The smallest absolute Gasteiger partial charge is 0.193 e. The average molecular weight is 256 g/mol. The van der Waals surface area contributed by atoms with Crippen LogP contribution in [0.15, 0.2) is 54.6 Å². The van der Waals surface area contributed by atoms with Crippen LogP contribution in [0.2, 0.25) is 0 Å². The predicted molar refractivity (Wildman–Crippen MR) is 78.6 cm³/mol. The minimum atomic E-state index is -0.0319. The molecule has 1 N–H and O–H groups in total. The Balaban J connectivity index is 0.000000399. The zero-order valence-electron chi connectivity index (χ0n) is 11.5. The molecule has 2 aromatic carbocycles. The number of unbranched alkanes of at least 4 members (excludes halogenated alkanes) is 1. The summed E-state index contributed by atoms with van der Waals surface area (Å²) in [5.74, 6) is 0.134. The third-order valence-electron chi connectivity index (χ3n) is 2.67. The molecule has 2 heteroatoms. The van der Waals surface area contributed by atoms with Crippen LogP contribution in [0.25, 0.3) is 0 Å². The lowest BCUT2D eigenvalue weighted by Crippen LogP contribution is -1.99. The van der Waals surface area contributed by atoms with Crippen LogP contribution in [0.4, 0.5) is 0 Å². The molecule has 0 fully saturated rings. The van der Waals surface area contributed by atoms with Crippen molar-refractivity contribution in [3.8, 4) is 5.75 Å². The normalized spacial score (nSPS) is 9.37. The first kappa shape index (κ1) is 15.0. The predicted octanol–water partition coefficient (Wildman–Crippen LogP) is 4.43. The largest absolute Gasteiger partial charge is 0.508 e. The number of carbonyl (C=O) groups excluding carboxylic acids is 1. The van der Waals surface area contributed by atoms with Gasteiger partial charge in [0.05, 0.1) is 0 Å². The van der Waals surface area contributed by atoms with E-state index < -0.39 is 0 Å². The van der Waals surface area contributed by atoms with Crippen LogP contribution >= 0.6 is 0 Å². The molecule has 2 aromatic rings. The van der Waals surface area contributed by atoms with Gasteiger partial charge in [0.1, 0.15) is 5.75 Å². The number of aromatic hydroxyl groups is 1. The summed E-state index contributed by atoms with van der Waals surface area (Å²) >= 11 is 0. The van der Waals surface area contributed by atoms with E-state index in [-0.39, 0.29) is 11.5 Å². The zero-order valence-corrected chi connectivity index (χ0v) is 11.5. The van der Waals surface area contributed by atoms with Crippen LogP contribution in [0.5, 0.6) is 5.75 Å². The molecular weight excluding hydrogens is 236 g/mol. The van der Waals surface area contributed by atoms with Crippen molar-refractivity contribution in [1.82, 2.24) is 0 Å². The first-order valence-electron chi connectivity index (χ1n) is 6.57. The Morgan fingerprint density at radius 2 is 1.32 bits per heavy atom. The Morgan fingerprint density at radius 3 is 1.79 bits per heavy atom. The summed E-state index contributed by atoms with van der Waals surface area (Å²) in [7, 11) is 0. The van der Waals surface area contributed by atoms with Gasteiger partial charge in [-0.2, -0.15) is 0 Å². The van der Waals surface area contributed by atoms with Crippen molar-refractivity contribution in [3.05, 3.63) is 65.7 Å². The van der Waals surface area contributed by atoms with E-state index in [0.29, 0.717) is 11.1 Å². The second-order valence-corrected chi connectivity index (χ2v) is 4.24. The van der Waals surface area contributed by atoms with Crippen molar-refractivity contribution >= 4 is 5.78 Å². The number of ketones is 1. The summed E-state index contributed by atoms with van der Waals surface area (Å²) in [5.41, 5.74) is 1.24. The van der Waals surface area contributed by atoms with Gasteiger partial charge in [-0.3, -0.25) is 4.79 Å².